The summed E-state index contributed by atoms with van der Waals surface area (Å²) in [6.07, 6.45) is -0.431. The molecule has 0 saturated carbocycles. The van der Waals surface area contributed by atoms with Crippen LogP contribution in [0.1, 0.15) is 39.5 Å². The zero-order valence-electron chi connectivity index (χ0n) is 14.7. The average Bonchev–Trinajstić information content (AvgIpc) is 2.59. The highest BCUT2D eigenvalue weighted by Crippen LogP contribution is 2.32. The maximum Gasteiger partial charge on any atom is 0.123 e. The van der Waals surface area contributed by atoms with Gasteiger partial charge in [-0.25, -0.2) is 4.39 Å². The number of hydrogen-bond acceptors (Lipinski definition) is 3. The summed E-state index contributed by atoms with van der Waals surface area (Å²) >= 11 is 0. The number of hydrogen-bond donors (Lipinski definition) is 3. The molecule has 3 aromatic carbocycles. The van der Waals surface area contributed by atoms with Gasteiger partial charge in [-0.15, -0.1) is 0 Å². The molecule has 0 saturated heterocycles. The van der Waals surface area contributed by atoms with Gasteiger partial charge in [0, 0.05) is 5.56 Å². The number of benzene rings is 3. The quantitative estimate of drug-likeness (QED) is 0.647. The van der Waals surface area contributed by atoms with Crippen molar-refractivity contribution in [1.29, 1.82) is 0 Å². The molecule has 0 spiro atoms. The van der Waals surface area contributed by atoms with Gasteiger partial charge >= 0.3 is 0 Å². The fraction of sp³-hybridized carbons (Fsp3) is 0.182. The minimum absolute atomic E-state index is 0.00951. The second-order valence-electron chi connectivity index (χ2n) is 6.58. The van der Waals surface area contributed by atoms with Crippen LogP contribution < -0.4 is 0 Å². The van der Waals surface area contributed by atoms with Crippen molar-refractivity contribution in [2.45, 2.75) is 26.4 Å². The molecule has 0 radical (unpaired) electrons. The topological polar surface area (TPSA) is 60.7 Å². The molecule has 0 aliphatic rings. The molecule has 0 amide bonds. The first-order valence-electron chi connectivity index (χ1n) is 8.39. The Morgan fingerprint density at radius 3 is 2.12 bits per heavy atom. The van der Waals surface area contributed by atoms with E-state index in [4.69, 9.17) is 0 Å². The maximum absolute atomic E-state index is 13.1. The minimum atomic E-state index is -1.04. The van der Waals surface area contributed by atoms with Gasteiger partial charge in [0.1, 0.15) is 23.4 Å². The first-order valence-corrected chi connectivity index (χ1v) is 8.39. The Morgan fingerprint density at radius 2 is 1.50 bits per heavy atom. The third-order valence-corrected chi connectivity index (χ3v) is 4.63. The second kappa shape index (κ2) is 7.18. The number of aryl methyl sites for hydroxylation is 2. The lowest BCUT2D eigenvalue weighted by Gasteiger charge is -2.16. The molecule has 0 aliphatic heterocycles. The van der Waals surface area contributed by atoms with E-state index in [0.29, 0.717) is 17.5 Å². The van der Waals surface area contributed by atoms with Gasteiger partial charge in [0.05, 0.1) is 0 Å². The van der Waals surface area contributed by atoms with E-state index in [2.05, 4.69) is 0 Å². The zero-order valence-corrected chi connectivity index (χ0v) is 14.7. The largest absolute Gasteiger partial charge is 0.508 e. The van der Waals surface area contributed by atoms with E-state index in [0.717, 1.165) is 22.3 Å². The number of phenolic OH excluding ortho intramolecular Hbond substituents is 2. The van der Waals surface area contributed by atoms with Crippen LogP contribution in [0.5, 0.6) is 11.5 Å². The molecule has 3 N–H and O–H groups in total. The normalized spacial score (nSPS) is 12.2. The number of rotatable bonds is 4. The van der Waals surface area contributed by atoms with Crippen LogP contribution in [0, 0.1) is 19.7 Å². The molecule has 4 heteroatoms. The van der Waals surface area contributed by atoms with Crippen molar-refractivity contribution in [2.75, 3.05) is 0 Å². The number of phenols is 2. The molecule has 0 bridgehead atoms. The van der Waals surface area contributed by atoms with E-state index >= 15 is 0 Å². The van der Waals surface area contributed by atoms with Crippen LogP contribution in [0.3, 0.4) is 0 Å². The Labute approximate surface area is 152 Å². The molecule has 3 aromatic rings. The number of aliphatic hydroxyl groups excluding tert-OH is 1. The van der Waals surface area contributed by atoms with Crippen LogP contribution in [-0.4, -0.2) is 15.3 Å². The lowest BCUT2D eigenvalue weighted by Crippen LogP contribution is -2.02. The van der Waals surface area contributed by atoms with Gasteiger partial charge in [-0.1, -0.05) is 18.2 Å². The van der Waals surface area contributed by atoms with Crippen LogP contribution >= 0.6 is 0 Å². The van der Waals surface area contributed by atoms with Crippen LogP contribution in [0.25, 0.3) is 0 Å². The van der Waals surface area contributed by atoms with Crippen LogP contribution in [0.4, 0.5) is 4.39 Å². The van der Waals surface area contributed by atoms with Crippen molar-refractivity contribution in [2.24, 2.45) is 0 Å². The first-order chi connectivity index (χ1) is 12.3. The lowest BCUT2D eigenvalue weighted by molar-refractivity contribution is 0.215. The first kappa shape index (κ1) is 18.0. The summed E-state index contributed by atoms with van der Waals surface area (Å²) in [5, 5.41) is 30.4. The van der Waals surface area contributed by atoms with Crippen molar-refractivity contribution in [3.63, 3.8) is 0 Å². The summed E-state index contributed by atoms with van der Waals surface area (Å²) in [5.41, 5.74) is 4.87. The number of halogens is 1. The SMILES string of the molecule is Cc1cc(O)cc(C)c1Cc1ccc(O)c(C(O)c2ccc(F)cc2)c1. The summed E-state index contributed by atoms with van der Waals surface area (Å²) in [4.78, 5) is 0. The zero-order chi connectivity index (χ0) is 18.8. The summed E-state index contributed by atoms with van der Waals surface area (Å²) in [6, 6.07) is 14.1. The molecule has 26 heavy (non-hydrogen) atoms. The predicted molar refractivity (Wildman–Crippen MR) is 99.0 cm³/mol. The van der Waals surface area contributed by atoms with E-state index in [1.807, 2.05) is 19.9 Å². The van der Waals surface area contributed by atoms with Gasteiger partial charge in [-0.2, -0.15) is 0 Å². The van der Waals surface area contributed by atoms with E-state index in [9.17, 15) is 19.7 Å². The molecule has 0 fully saturated rings. The van der Waals surface area contributed by atoms with E-state index in [1.54, 1.807) is 24.3 Å². The summed E-state index contributed by atoms with van der Waals surface area (Å²) in [7, 11) is 0. The third-order valence-electron chi connectivity index (χ3n) is 4.63. The molecule has 3 rings (SSSR count). The Kier molecular flexibility index (Phi) is 4.96. The molecule has 134 valence electrons. The highest BCUT2D eigenvalue weighted by Gasteiger charge is 2.16. The minimum Gasteiger partial charge on any atom is -0.508 e. The van der Waals surface area contributed by atoms with E-state index in [-0.39, 0.29) is 17.3 Å². The van der Waals surface area contributed by atoms with Gasteiger partial charge in [0.15, 0.2) is 0 Å². The molecular weight excluding hydrogens is 331 g/mol. The summed E-state index contributed by atoms with van der Waals surface area (Å²) < 4.78 is 13.1. The standard InChI is InChI=1S/C22H21FO3/c1-13-9-18(24)10-14(2)19(13)11-15-3-8-21(25)20(12-15)22(26)16-4-6-17(23)7-5-16/h3-10,12,22,24-26H,11H2,1-2H3. The summed E-state index contributed by atoms with van der Waals surface area (Å²) in [6.45, 7) is 3.88. The molecule has 0 aromatic heterocycles. The monoisotopic (exact) mass is 352 g/mol. The Balaban J connectivity index is 1.94. The highest BCUT2D eigenvalue weighted by atomic mass is 19.1. The smallest absolute Gasteiger partial charge is 0.123 e. The Hall–Kier alpha value is -2.85. The van der Waals surface area contributed by atoms with Gasteiger partial charge in [-0.3, -0.25) is 0 Å². The molecule has 1 atom stereocenters. The van der Waals surface area contributed by atoms with E-state index < -0.39 is 6.10 Å². The fourth-order valence-corrected chi connectivity index (χ4v) is 3.21. The molecule has 0 aliphatic carbocycles. The van der Waals surface area contributed by atoms with Gasteiger partial charge in [0.2, 0.25) is 0 Å². The van der Waals surface area contributed by atoms with Crippen LogP contribution in [0.2, 0.25) is 0 Å². The average molecular weight is 352 g/mol. The van der Waals surface area contributed by atoms with Gasteiger partial charge in [0.25, 0.3) is 0 Å². The molecule has 1 unspecified atom stereocenters. The number of aliphatic hydroxyl groups is 1. The van der Waals surface area contributed by atoms with Crippen molar-refractivity contribution in [3.05, 3.63) is 93.8 Å². The van der Waals surface area contributed by atoms with Crippen molar-refractivity contribution in [1.82, 2.24) is 0 Å². The van der Waals surface area contributed by atoms with Gasteiger partial charge < -0.3 is 15.3 Å². The molecule has 3 nitrogen and oxygen atoms in total. The Bertz CT molecular complexity index is 910. The highest BCUT2D eigenvalue weighted by molar-refractivity contribution is 5.46. The summed E-state index contributed by atoms with van der Waals surface area (Å²) in [5.74, 6) is -0.149. The van der Waals surface area contributed by atoms with Gasteiger partial charge in [-0.05, 0) is 84.5 Å². The Morgan fingerprint density at radius 1 is 0.885 bits per heavy atom. The van der Waals surface area contributed by atoms with Crippen LogP contribution in [0.15, 0.2) is 54.6 Å². The molecular formula is C22H21FO3. The van der Waals surface area contributed by atoms with E-state index in [1.165, 1.54) is 24.3 Å². The number of aromatic hydroxyl groups is 2. The maximum atomic E-state index is 13.1. The fourth-order valence-electron chi connectivity index (χ4n) is 3.21. The molecule has 0 heterocycles. The van der Waals surface area contributed by atoms with Crippen molar-refractivity contribution >= 4 is 0 Å². The van der Waals surface area contributed by atoms with Crippen LogP contribution in [-0.2, 0) is 6.42 Å². The van der Waals surface area contributed by atoms with Crippen molar-refractivity contribution < 1.29 is 19.7 Å². The predicted octanol–water partition coefficient (Wildman–Crippen LogP) is 4.53. The third kappa shape index (κ3) is 3.70. The van der Waals surface area contributed by atoms with Crippen molar-refractivity contribution in [3.8, 4) is 11.5 Å². The lowest BCUT2D eigenvalue weighted by atomic mass is 9.93. The second-order valence-corrected chi connectivity index (χ2v) is 6.58.